The summed E-state index contributed by atoms with van der Waals surface area (Å²) >= 11 is 3.48. The molecular formula is C55H67BrN6O9. The highest BCUT2D eigenvalue weighted by atomic mass is 79.9. The number of rotatable bonds is 21. The molecule has 8 rings (SSSR count). The van der Waals surface area contributed by atoms with Gasteiger partial charge in [-0.15, -0.1) is 0 Å². The van der Waals surface area contributed by atoms with Gasteiger partial charge in [0.25, 0.3) is 0 Å². The van der Waals surface area contributed by atoms with E-state index in [1.165, 1.54) is 48.2 Å². The fourth-order valence-corrected chi connectivity index (χ4v) is 9.88. The lowest BCUT2D eigenvalue weighted by Crippen LogP contribution is -2.17. The van der Waals surface area contributed by atoms with Crippen molar-refractivity contribution in [2.24, 2.45) is 14.1 Å². The maximum Gasteiger partial charge on any atom is 0.303 e. The number of aliphatic carboxylic acids is 2. The predicted molar refractivity (Wildman–Crippen MR) is 273 cm³/mol. The number of benzene rings is 2. The Kier molecular flexibility index (Phi) is 17.9. The van der Waals surface area contributed by atoms with Crippen LogP contribution in [0.25, 0.3) is 0 Å². The number of pyridine rings is 2. The van der Waals surface area contributed by atoms with E-state index in [0.29, 0.717) is 61.3 Å². The summed E-state index contributed by atoms with van der Waals surface area (Å²) in [6.45, 7) is 4.38. The van der Waals surface area contributed by atoms with Crippen molar-refractivity contribution in [2.75, 3.05) is 27.4 Å². The summed E-state index contributed by atoms with van der Waals surface area (Å²) in [4.78, 5) is 33.0. The summed E-state index contributed by atoms with van der Waals surface area (Å²) in [7, 11) is 6.80. The minimum absolute atomic E-state index is 0.0242. The van der Waals surface area contributed by atoms with Crippen molar-refractivity contribution in [3.8, 4) is 23.3 Å². The number of aromatic nitrogens is 6. The number of carboxylic acid groups (broad SMARTS) is 2. The molecule has 16 heteroatoms. The molecule has 0 bridgehead atoms. The molecule has 3 N–H and O–H groups in total. The van der Waals surface area contributed by atoms with Crippen molar-refractivity contribution >= 4 is 27.9 Å². The lowest BCUT2D eigenvalue weighted by Gasteiger charge is -2.23. The third-order valence-electron chi connectivity index (χ3n) is 13.2. The minimum Gasteiger partial charge on any atom is -0.496 e. The van der Waals surface area contributed by atoms with Crippen molar-refractivity contribution in [2.45, 2.75) is 121 Å². The van der Waals surface area contributed by atoms with Gasteiger partial charge in [-0.3, -0.25) is 19.6 Å². The third kappa shape index (κ3) is 14.4. The van der Waals surface area contributed by atoms with Crippen LogP contribution in [0.15, 0.2) is 77.3 Å². The Morgan fingerprint density at radius 1 is 0.634 bits per heavy atom. The lowest BCUT2D eigenvalue weighted by molar-refractivity contribution is -0.138. The Morgan fingerprint density at radius 3 is 1.54 bits per heavy atom. The van der Waals surface area contributed by atoms with Gasteiger partial charge in [-0.05, 0) is 148 Å². The standard InChI is InChI=1S/C29H37N3O5.C26H30BrN3O4/c1-29(2,35)21-10-12-26(36-4)24(17-21)20(16-28(33)34)15-23-18-27(32(3)31-23)37-14-13-22-11-9-19-7-5-6-8-25(19)30-22;1-30-25(34-12-11-20-9-7-17-5-3-4-6-23(17)28-20)16-21(29-30)13-18(14-26(31)32)22-15-19(27)8-10-24(22)33-2/h9-12,17-18,20,35H,5-8,13-16H2,1-4H3,(H,33,34);7-10,15-16,18H,3-6,11-14H2,1-2H3,(H,31,32). The van der Waals surface area contributed by atoms with Crippen LogP contribution in [0.4, 0.5) is 0 Å². The number of carboxylic acids is 2. The normalized spacial score (nSPS) is 14.0. The van der Waals surface area contributed by atoms with Gasteiger partial charge in [0, 0.05) is 78.2 Å². The minimum atomic E-state index is -1.06. The van der Waals surface area contributed by atoms with Gasteiger partial charge in [-0.1, -0.05) is 34.1 Å². The van der Waals surface area contributed by atoms with E-state index < -0.39 is 23.5 Å². The number of nitrogens with zero attached hydrogens (tertiary/aromatic N) is 6. The summed E-state index contributed by atoms with van der Waals surface area (Å²) in [5.41, 5.74) is 9.99. The molecule has 0 saturated carbocycles. The van der Waals surface area contributed by atoms with Crippen LogP contribution < -0.4 is 18.9 Å². The average molecular weight is 1040 g/mol. The monoisotopic (exact) mass is 1030 g/mol. The molecule has 71 heavy (non-hydrogen) atoms. The first kappa shape index (κ1) is 52.6. The molecule has 0 fully saturated rings. The zero-order valence-electron chi connectivity index (χ0n) is 41.7. The zero-order chi connectivity index (χ0) is 50.7. The molecule has 6 aromatic rings. The van der Waals surface area contributed by atoms with Crippen LogP contribution in [0, 0.1) is 0 Å². The van der Waals surface area contributed by atoms with Crippen LogP contribution in [-0.4, -0.2) is 84.2 Å². The van der Waals surface area contributed by atoms with Gasteiger partial charge in [0.05, 0.1) is 57.3 Å². The second-order valence-corrected chi connectivity index (χ2v) is 19.9. The van der Waals surface area contributed by atoms with Crippen LogP contribution in [0.2, 0.25) is 0 Å². The zero-order valence-corrected chi connectivity index (χ0v) is 43.3. The predicted octanol–water partition coefficient (Wildman–Crippen LogP) is 9.24. The highest BCUT2D eigenvalue weighted by Crippen LogP contribution is 2.37. The first-order valence-corrected chi connectivity index (χ1v) is 25.3. The first-order valence-electron chi connectivity index (χ1n) is 24.5. The number of ether oxygens (including phenoxy) is 4. The molecule has 2 atom stereocenters. The van der Waals surface area contributed by atoms with Gasteiger partial charge < -0.3 is 34.3 Å². The van der Waals surface area contributed by atoms with Crippen molar-refractivity contribution in [1.29, 1.82) is 0 Å². The molecule has 2 aliphatic rings. The molecule has 4 heterocycles. The van der Waals surface area contributed by atoms with Crippen molar-refractivity contribution in [3.63, 3.8) is 0 Å². The SMILES string of the molecule is COc1ccc(Br)cc1C(CC(=O)O)Cc1cc(OCCc2ccc3c(n2)CCCC3)n(C)n1.COc1ccc(C(C)(C)O)cc1C(CC(=O)O)Cc1cc(OCCc2ccc3c(n2)CCCC3)n(C)n1. The largest absolute Gasteiger partial charge is 0.496 e. The summed E-state index contributed by atoms with van der Waals surface area (Å²) in [6.07, 6.45) is 11.4. The average Bonchev–Trinajstić information content (AvgIpc) is 3.88. The fraction of sp³-hybridized carbons (Fsp3) is 0.455. The van der Waals surface area contributed by atoms with E-state index >= 15 is 0 Å². The van der Waals surface area contributed by atoms with Gasteiger partial charge in [0.1, 0.15) is 11.5 Å². The molecule has 4 aromatic heterocycles. The molecular weight excluding hydrogens is 969 g/mol. The summed E-state index contributed by atoms with van der Waals surface area (Å²) in [5.74, 6) is 0.0818. The van der Waals surface area contributed by atoms with E-state index in [-0.39, 0.29) is 18.8 Å². The number of aliphatic hydroxyl groups is 1. The lowest BCUT2D eigenvalue weighted by atomic mass is 9.86. The fourth-order valence-electron chi connectivity index (χ4n) is 9.51. The van der Waals surface area contributed by atoms with Gasteiger partial charge >= 0.3 is 11.9 Å². The Hall–Kier alpha value is -6.26. The maximum atomic E-state index is 11.7. The molecule has 15 nitrogen and oxygen atoms in total. The smallest absolute Gasteiger partial charge is 0.303 e. The number of aryl methyl sites for hydroxylation is 6. The van der Waals surface area contributed by atoms with Crippen molar-refractivity contribution < 1.29 is 43.9 Å². The molecule has 378 valence electrons. The second kappa shape index (κ2) is 24.2. The molecule has 0 radical (unpaired) electrons. The molecule has 2 aromatic carbocycles. The number of carbonyl (C=O) groups is 2. The van der Waals surface area contributed by atoms with E-state index in [0.717, 1.165) is 70.5 Å². The van der Waals surface area contributed by atoms with E-state index in [4.69, 9.17) is 28.9 Å². The Morgan fingerprint density at radius 2 is 1.08 bits per heavy atom. The van der Waals surface area contributed by atoms with Crippen LogP contribution in [0.5, 0.6) is 23.3 Å². The van der Waals surface area contributed by atoms with Crippen molar-refractivity contribution in [3.05, 3.63) is 139 Å². The number of halogens is 1. The molecule has 0 amide bonds. The Balaban J connectivity index is 0.000000209. The molecule has 0 saturated heterocycles. The third-order valence-corrected chi connectivity index (χ3v) is 13.7. The van der Waals surface area contributed by atoms with Crippen LogP contribution >= 0.6 is 15.9 Å². The number of hydrogen-bond acceptors (Lipinski definition) is 11. The quantitative estimate of drug-likeness (QED) is 0.0619. The highest BCUT2D eigenvalue weighted by molar-refractivity contribution is 9.10. The molecule has 2 aliphatic carbocycles. The van der Waals surface area contributed by atoms with Crippen LogP contribution in [0.1, 0.15) is 126 Å². The van der Waals surface area contributed by atoms with Crippen LogP contribution in [0.3, 0.4) is 0 Å². The van der Waals surface area contributed by atoms with Gasteiger partial charge in [-0.25, -0.2) is 9.36 Å². The first-order chi connectivity index (χ1) is 34.1. The topological polar surface area (TPSA) is 193 Å². The summed E-state index contributed by atoms with van der Waals surface area (Å²) in [5, 5.41) is 38.8. The Bertz CT molecular complexity index is 2780. The van der Waals surface area contributed by atoms with Gasteiger partial charge in [-0.2, -0.15) is 10.2 Å². The molecule has 0 spiro atoms. The number of fused-ring (bicyclic) bond motifs is 2. The maximum absolute atomic E-state index is 11.7. The highest BCUT2D eigenvalue weighted by Gasteiger charge is 2.26. The van der Waals surface area contributed by atoms with E-state index in [2.05, 4.69) is 50.4 Å². The molecule has 2 unspecified atom stereocenters. The second-order valence-electron chi connectivity index (χ2n) is 19.0. The summed E-state index contributed by atoms with van der Waals surface area (Å²) in [6, 6.07) is 23.4. The van der Waals surface area contributed by atoms with E-state index in [1.54, 1.807) is 49.6 Å². The van der Waals surface area contributed by atoms with Gasteiger partial charge in [0.2, 0.25) is 11.8 Å². The summed E-state index contributed by atoms with van der Waals surface area (Å²) < 4.78 is 27.3. The molecule has 0 aliphatic heterocycles. The van der Waals surface area contributed by atoms with Gasteiger partial charge in [0.15, 0.2) is 0 Å². The van der Waals surface area contributed by atoms with Crippen LogP contribution in [-0.2, 0) is 80.7 Å². The van der Waals surface area contributed by atoms with Crippen molar-refractivity contribution in [1.82, 2.24) is 29.5 Å². The Labute approximate surface area is 424 Å². The van der Waals surface area contributed by atoms with E-state index in [9.17, 15) is 24.9 Å². The number of hydrogen-bond donors (Lipinski definition) is 3. The number of methoxy groups -OCH3 is 2. The van der Waals surface area contributed by atoms with E-state index in [1.807, 2.05) is 50.5 Å².